The highest BCUT2D eigenvalue weighted by atomic mass is 14.3. The van der Waals surface area contributed by atoms with E-state index in [0.717, 1.165) is 11.8 Å². The summed E-state index contributed by atoms with van der Waals surface area (Å²) in [6.07, 6.45) is 2.55. The summed E-state index contributed by atoms with van der Waals surface area (Å²) in [5.41, 5.74) is 3.14. The molecule has 1 aromatic carbocycles. The van der Waals surface area contributed by atoms with Crippen LogP contribution in [0.1, 0.15) is 25.0 Å². The summed E-state index contributed by atoms with van der Waals surface area (Å²) in [6, 6.07) is 8.86. The summed E-state index contributed by atoms with van der Waals surface area (Å²) in [5, 5.41) is 0. The molecule has 0 saturated carbocycles. The van der Waals surface area contributed by atoms with Crippen LogP contribution >= 0.6 is 0 Å². The van der Waals surface area contributed by atoms with Gasteiger partial charge in [0.1, 0.15) is 0 Å². The van der Waals surface area contributed by atoms with Crippen LogP contribution in [0.2, 0.25) is 0 Å². The molecule has 0 fully saturated rings. The van der Waals surface area contributed by atoms with Gasteiger partial charge in [-0.15, -0.1) is 0 Å². The highest BCUT2D eigenvalue weighted by Crippen LogP contribution is 2.29. The van der Waals surface area contributed by atoms with Crippen molar-refractivity contribution in [1.29, 1.82) is 0 Å². The second-order valence-corrected chi connectivity index (χ2v) is 4.13. The molecule has 0 heteroatoms. The topological polar surface area (TPSA) is 0 Å². The molecule has 0 amide bonds. The number of fused-ring (bicyclic) bond motifs is 1. The Hall–Kier alpha value is -0.780. The molecule has 0 radical (unpaired) electrons. The van der Waals surface area contributed by atoms with Crippen molar-refractivity contribution in [1.82, 2.24) is 0 Å². The zero-order valence-electron chi connectivity index (χ0n) is 7.88. The van der Waals surface area contributed by atoms with Gasteiger partial charge >= 0.3 is 0 Å². The second kappa shape index (κ2) is 2.93. The fourth-order valence-electron chi connectivity index (χ4n) is 2.05. The first-order valence-electron chi connectivity index (χ1n) is 4.84. The number of rotatable bonds is 0. The van der Waals surface area contributed by atoms with Gasteiger partial charge in [-0.3, -0.25) is 0 Å². The highest BCUT2D eigenvalue weighted by Gasteiger charge is 2.20. The van der Waals surface area contributed by atoms with Crippen LogP contribution in [-0.2, 0) is 12.8 Å². The molecule has 1 aliphatic carbocycles. The van der Waals surface area contributed by atoms with Crippen LogP contribution in [0, 0.1) is 11.8 Å². The quantitative estimate of drug-likeness (QED) is 0.547. The minimum absolute atomic E-state index is 0.861. The van der Waals surface area contributed by atoms with E-state index in [1.807, 2.05) is 0 Å². The molecule has 1 aliphatic rings. The normalized spacial score (nSPS) is 28.2. The molecule has 0 nitrogen and oxygen atoms in total. The zero-order chi connectivity index (χ0) is 8.55. The monoisotopic (exact) mass is 160 g/mol. The van der Waals surface area contributed by atoms with E-state index >= 15 is 0 Å². The summed E-state index contributed by atoms with van der Waals surface area (Å²) in [4.78, 5) is 0. The predicted octanol–water partition coefficient (Wildman–Crippen LogP) is 3.06. The van der Waals surface area contributed by atoms with Crippen LogP contribution in [0.5, 0.6) is 0 Å². The van der Waals surface area contributed by atoms with Gasteiger partial charge in [-0.2, -0.15) is 0 Å². The van der Waals surface area contributed by atoms with E-state index in [0.29, 0.717) is 0 Å². The van der Waals surface area contributed by atoms with Crippen LogP contribution in [0.3, 0.4) is 0 Å². The van der Waals surface area contributed by atoms with Gasteiger partial charge < -0.3 is 0 Å². The van der Waals surface area contributed by atoms with E-state index in [9.17, 15) is 0 Å². The van der Waals surface area contributed by atoms with Crippen molar-refractivity contribution in [2.75, 3.05) is 0 Å². The van der Waals surface area contributed by atoms with Gasteiger partial charge in [0, 0.05) is 0 Å². The Labute approximate surface area is 74.6 Å². The summed E-state index contributed by atoms with van der Waals surface area (Å²) >= 11 is 0. The van der Waals surface area contributed by atoms with E-state index in [1.165, 1.54) is 12.8 Å². The van der Waals surface area contributed by atoms with Gasteiger partial charge in [-0.05, 0) is 35.8 Å². The van der Waals surface area contributed by atoms with Crippen molar-refractivity contribution in [3.63, 3.8) is 0 Å². The molecule has 1 aromatic rings. The van der Waals surface area contributed by atoms with Gasteiger partial charge in [0.25, 0.3) is 0 Å². The van der Waals surface area contributed by atoms with Crippen LogP contribution in [-0.4, -0.2) is 0 Å². The van der Waals surface area contributed by atoms with Gasteiger partial charge in [0.15, 0.2) is 0 Å². The molecule has 0 N–H and O–H groups in total. The minimum atomic E-state index is 0.861. The largest absolute Gasteiger partial charge is 0.0620 e. The fraction of sp³-hybridized carbons (Fsp3) is 0.500. The average Bonchev–Trinajstić information content (AvgIpc) is 2.07. The maximum absolute atomic E-state index is 2.36. The first kappa shape index (κ1) is 7.85. The lowest BCUT2D eigenvalue weighted by atomic mass is 9.78. The lowest BCUT2D eigenvalue weighted by Gasteiger charge is -2.27. The maximum atomic E-state index is 2.36. The molecule has 64 valence electrons. The van der Waals surface area contributed by atoms with Gasteiger partial charge in [-0.1, -0.05) is 38.1 Å². The molecule has 0 aliphatic heterocycles. The Bertz CT molecular complexity index is 246. The smallest absolute Gasteiger partial charge is 0.0248 e. The Morgan fingerprint density at radius 1 is 0.917 bits per heavy atom. The molecule has 0 saturated heterocycles. The molecule has 0 bridgehead atoms. The Morgan fingerprint density at radius 2 is 1.33 bits per heavy atom. The van der Waals surface area contributed by atoms with Crippen molar-refractivity contribution in [3.8, 4) is 0 Å². The number of benzene rings is 1. The number of hydrogen-bond donors (Lipinski definition) is 0. The Balaban J connectivity index is 2.34. The third-order valence-electron chi connectivity index (χ3n) is 3.17. The van der Waals surface area contributed by atoms with Crippen LogP contribution in [0.4, 0.5) is 0 Å². The molecule has 12 heavy (non-hydrogen) atoms. The van der Waals surface area contributed by atoms with Gasteiger partial charge in [-0.25, -0.2) is 0 Å². The second-order valence-electron chi connectivity index (χ2n) is 4.13. The standard InChI is InChI=1S/C12H16/c1-9-7-11-5-3-4-6-12(11)8-10(9)2/h3-6,9-10H,7-8H2,1-2H3. The molecule has 2 rings (SSSR count). The highest BCUT2D eigenvalue weighted by molar-refractivity contribution is 5.30. The average molecular weight is 160 g/mol. The van der Waals surface area contributed by atoms with Crippen molar-refractivity contribution < 1.29 is 0 Å². The van der Waals surface area contributed by atoms with Gasteiger partial charge in [0.2, 0.25) is 0 Å². The molecule has 2 unspecified atom stereocenters. The lowest BCUT2D eigenvalue weighted by molar-refractivity contribution is 0.361. The Morgan fingerprint density at radius 3 is 1.75 bits per heavy atom. The first-order chi connectivity index (χ1) is 5.77. The fourth-order valence-corrected chi connectivity index (χ4v) is 2.05. The minimum Gasteiger partial charge on any atom is -0.0620 e. The molecular weight excluding hydrogens is 144 g/mol. The third kappa shape index (κ3) is 1.26. The summed E-state index contributed by atoms with van der Waals surface area (Å²) in [5.74, 6) is 1.72. The van der Waals surface area contributed by atoms with E-state index in [4.69, 9.17) is 0 Å². The third-order valence-corrected chi connectivity index (χ3v) is 3.17. The van der Waals surface area contributed by atoms with Crippen LogP contribution in [0.15, 0.2) is 24.3 Å². The van der Waals surface area contributed by atoms with E-state index < -0.39 is 0 Å². The van der Waals surface area contributed by atoms with Crippen LogP contribution in [0.25, 0.3) is 0 Å². The number of hydrogen-bond acceptors (Lipinski definition) is 0. The lowest BCUT2D eigenvalue weighted by Crippen LogP contribution is -2.20. The van der Waals surface area contributed by atoms with Crippen molar-refractivity contribution in [2.45, 2.75) is 26.7 Å². The Kier molecular flexibility index (Phi) is 1.92. The summed E-state index contributed by atoms with van der Waals surface area (Å²) in [6.45, 7) is 4.72. The first-order valence-corrected chi connectivity index (χ1v) is 4.84. The molecular formula is C12H16. The van der Waals surface area contributed by atoms with E-state index in [2.05, 4.69) is 38.1 Å². The molecule has 0 spiro atoms. The zero-order valence-corrected chi connectivity index (χ0v) is 7.88. The molecule has 2 atom stereocenters. The predicted molar refractivity (Wildman–Crippen MR) is 52.2 cm³/mol. The summed E-state index contributed by atoms with van der Waals surface area (Å²) in [7, 11) is 0. The van der Waals surface area contributed by atoms with Gasteiger partial charge in [0.05, 0.1) is 0 Å². The van der Waals surface area contributed by atoms with Crippen molar-refractivity contribution in [3.05, 3.63) is 35.4 Å². The molecule has 0 aromatic heterocycles. The summed E-state index contributed by atoms with van der Waals surface area (Å²) < 4.78 is 0. The van der Waals surface area contributed by atoms with Crippen molar-refractivity contribution >= 4 is 0 Å². The van der Waals surface area contributed by atoms with E-state index in [1.54, 1.807) is 11.1 Å². The SMILES string of the molecule is CC1Cc2ccccc2CC1C. The molecule has 0 heterocycles. The maximum Gasteiger partial charge on any atom is -0.0248 e. The van der Waals surface area contributed by atoms with Crippen molar-refractivity contribution in [2.24, 2.45) is 11.8 Å². The van der Waals surface area contributed by atoms with E-state index in [-0.39, 0.29) is 0 Å². The van der Waals surface area contributed by atoms with Crippen LogP contribution < -0.4 is 0 Å².